The summed E-state index contributed by atoms with van der Waals surface area (Å²) in [4.78, 5) is 42.3. The Morgan fingerprint density at radius 1 is 1.00 bits per heavy atom. The van der Waals surface area contributed by atoms with Gasteiger partial charge < -0.3 is 24.2 Å². The van der Waals surface area contributed by atoms with Crippen LogP contribution >= 0.6 is 0 Å². The molecule has 31 heavy (non-hydrogen) atoms. The van der Waals surface area contributed by atoms with E-state index >= 15 is 0 Å². The van der Waals surface area contributed by atoms with Gasteiger partial charge in [0.1, 0.15) is 5.75 Å². The first-order valence-corrected chi connectivity index (χ1v) is 10.4. The van der Waals surface area contributed by atoms with Crippen LogP contribution in [0.3, 0.4) is 0 Å². The van der Waals surface area contributed by atoms with Crippen molar-refractivity contribution >= 4 is 23.6 Å². The molecule has 0 N–H and O–H groups in total. The number of fused-ring (bicyclic) bond motifs is 1. The highest BCUT2D eigenvalue weighted by Gasteiger charge is 2.27. The molecule has 0 saturated carbocycles. The minimum Gasteiger partial charge on any atom is -0.482 e. The molecule has 0 aromatic heterocycles. The molecule has 8 nitrogen and oxygen atoms in total. The van der Waals surface area contributed by atoms with Crippen molar-refractivity contribution in [2.45, 2.75) is 13.5 Å². The van der Waals surface area contributed by atoms with Crippen LogP contribution in [0.15, 0.2) is 48.5 Å². The zero-order valence-corrected chi connectivity index (χ0v) is 17.5. The molecule has 0 bridgehead atoms. The van der Waals surface area contributed by atoms with E-state index in [-0.39, 0.29) is 24.5 Å². The number of nitrogens with zero attached hydrogens (tertiary/aromatic N) is 3. The standard InChI is InChI=1S/C23H25N3O5/c1-2-30-23(29)25-12-10-24(11-13-25)22(28)18-7-5-6-17(14-18)15-26-19-8-3-4-9-20(19)31-16-21(26)27/h3-9,14H,2,10-13,15-16H2,1H3. The number of ether oxygens (including phenoxy) is 2. The fourth-order valence-corrected chi connectivity index (χ4v) is 3.80. The smallest absolute Gasteiger partial charge is 0.409 e. The summed E-state index contributed by atoms with van der Waals surface area (Å²) in [5, 5.41) is 0. The maximum Gasteiger partial charge on any atom is 0.409 e. The van der Waals surface area contributed by atoms with Crippen LogP contribution in [0.1, 0.15) is 22.8 Å². The molecule has 1 fully saturated rings. The molecule has 0 aliphatic carbocycles. The first-order valence-electron chi connectivity index (χ1n) is 10.4. The minimum absolute atomic E-state index is 0.000375. The van der Waals surface area contributed by atoms with Crippen LogP contribution in [-0.4, -0.2) is 67.1 Å². The Morgan fingerprint density at radius 2 is 1.74 bits per heavy atom. The minimum atomic E-state index is -0.341. The maximum absolute atomic E-state index is 13.0. The number of rotatable bonds is 4. The second-order valence-electron chi connectivity index (χ2n) is 7.41. The number of benzene rings is 2. The van der Waals surface area contributed by atoms with Gasteiger partial charge in [-0.1, -0.05) is 24.3 Å². The van der Waals surface area contributed by atoms with Gasteiger partial charge >= 0.3 is 6.09 Å². The van der Waals surface area contributed by atoms with Crippen molar-refractivity contribution in [3.8, 4) is 5.75 Å². The van der Waals surface area contributed by atoms with E-state index in [0.717, 1.165) is 11.3 Å². The molecule has 2 heterocycles. The fourth-order valence-electron chi connectivity index (χ4n) is 3.80. The lowest BCUT2D eigenvalue weighted by Gasteiger charge is -2.34. The third-order valence-electron chi connectivity index (χ3n) is 5.42. The molecule has 0 spiro atoms. The lowest BCUT2D eigenvalue weighted by atomic mass is 10.1. The topological polar surface area (TPSA) is 79.4 Å². The Labute approximate surface area is 180 Å². The fraction of sp³-hybridized carbons (Fsp3) is 0.348. The normalized spacial score (nSPS) is 15.9. The van der Waals surface area contributed by atoms with Crippen LogP contribution in [0.2, 0.25) is 0 Å². The Bertz CT molecular complexity index is 985. The molecular formula is C23H25N3O5. The Balaban J connectivity index is 1.44. The van der Waals surface area contributed by atoms with Crippen LogP contribution in [0.4, 0.5) is 10.5 Å². The van der Waals surface area contributed by atoms with E-state index in [2.05, 4.69) is 0 Å². The summed E-state index contributed by atoms with van der Waals surface area (Å²) in [6.07, 6.45) is -0.341. The van der Waals surface area contributed by atoms with E-state index in [9.17, 15) is 14.4 Å². The molecule has 1 saturated heterocycles. The quantitative estimate of drug-likeness (QED) is 0.755. The van der Waals surface area contributed by atoms with E-state index in [1.807, 2.05) is 42.5 Å². The number of hydrogen-bond donors (Lipinski definition) is 0. The molecule has 4 rings (SSSR count). The van der Waals surface area contributed by atoms with Crippen LogP contribution in [0.5, 0.6) is 5.75 Å². The summed E-state index contributed by atoms with van der Waals surface area (Å²) >= 11 is 0. The predicted molar refractivity (Wildman–Crippen MR) is 114 cm³/mol. The van der Waals surface area contributed by atoms with E-state index < -0.39 is 0 Å². The molecule has 3 amide bonds. The van der Waals surface area contributed by atoms with E-state index in [1.54, 1.807) is 27.7 Å². The van der Waals surface area contributed by atoms with Crippen LogP contribution in [-0.2, 0) is 16.1 Å². The van der Waals surface area contributed by atoms with Crippen LogP contribution in [0.25, 0.3) is 0 Å². The molecule has 2 aliphatic rings. The molecule has 2 aromatic rings. The van der Waals surface area contributed by atoms with Gasteiger partial charge in [-0.25, -0.2) is 4.79 Å². The van der Waals surface area contributed by atoms with Gasteiger partial charge in [0.25, 0.3) is 11.8 Å². The van der Waals surface area contributed by atoms with Gasteiger partial charge in [0.2, 0.25) is 0 Å². The monoisotopic (exact) mass is 423 g/mol. The van der Waals surface area contributed by atoms with Crippen molar-refractivity contribution in [2.75, 3.05) is 44.3 Å². The number of para-hydroxylation sites is 2. The molecule has 162 valence electrons. The second-order valence-corrected chi connectivity index (χ2v) is 7.41. The Hall–Kier alpha value is -3.55. The van der Waals surface area contributed by atoms with Crippen molar-refractivity contribution in [2.24, 2.45) is 0 Å². The van der Waals surface area contributed by atoms with Gasteiger partial charge in [-0.2, -0.15) is 0 Å². The largest absolute Gasteiger partial charge is 0.482 e. The SMILES string of the molecule is CCOC(=O)N1CCN(C(=O)c2cccc(CN3C(=O)COc4ccccc43)c2)CC1. The Kier molecular flexibility index (Phi) is 6.06. The van der Waals surface area contributed by atoms with Gasteiger partial charge in [-0.3, -0.25) is 9.59 Å². The first kappa shape index (κ1) is 20.7. The van der Waals surface area contributed by atoms with Crippen molar-refractivity contribution < 1.29 is 23.9 Å². The number of carbonyl (C=O) groups is 3. The summed E-state index contributed by atoms with van der Waals surface area (Å²) in [5.41, 5.74) is 2.16. The Morgan fingerprint density at radius 3 is 2.52 bits per heavy atom. The molecule has 0 atom stereocenters. The summed E-state index contributed by atoms with van der Waals surface area (Å²) in [5.74, 6) is 0.471. The second kappa shape index (κ2) is 9.07. The highest BCUT2D eigenvalue weighted by atomic mass is 16.6. The average Bonchev–Trinajstić information content (AvgIpc) is 2.81. The summed E-state index contributed by atoms with van der Waals surface area (Å²) in [7, 11) is 0. The number of carbonyl (C=O) groups excluding carboxylic acids is 3. The summed E-state index contributed by atoms with van der Waals surface area (Å²) < 4.78 is 10.5. The first-order chi connectivity index (χ1) is 15.1. The highest BCUT2D eigenvalue weighted by Crippen LogP contribution is 2.32. The molecule has 8 heteroatoms. The lowest BCUT2D eigenvalue weighted by Crippen LogP contribution is -2.50. The molecule has 0 radical (unpaired) electrons. The van der Waals surface area contributed by atoms with Crippen molar-refractivity contribution in [1.29, 1.82) is 0 Å². The van der Waals surface area contributed by atoms with Gasteiger partial charge in [0.05, 0.1) is 18.8 Å². The molecule has 2 aliphatic heterocycles. The third kappa shape index (κ3) is 4.47. The number of amides is 3. The molecular weight excluding hydrogens is 398 g/mol. The summed E-state index contributed by atoms with van der Waals surface area (Å²) in [6.45, 7) is 4.27. The number of anilines is 1. The molecule has 2 aromatic carbocycles. The van der Waals surface area contributed by atoms with Crippen LogP contribution < -0.4 is 9.64 Å². The lowest BCUT2D eigenvalue weighted by molar-refractivity contribution is -0.121. The van der Waals surface area contributed by atoms with Gasteiger partial charge in [-0.05, 0) is 36.8 Å². The van der Waals surface area contributed by atoms with Crippen molar-refractivity contribution in [3.63, 3.8) is 0 Å². The van der Waals surface area contributed by atoms with E-state index in [0.29, 0.717) is 50.6 Å². The number of hydrogen-bond acceptors (Lipinski definition) is 5. The average molecular weight is 423 g/mol. The zero-order valence-electron chi connectivity index (χ0n) is 17.5. The van der Waals surface area contributed by atoms with E-state index in [4.69, 9.17) is 9.47 Å². The molecule has 0 unspecified atom stereocenters. The van der Waals surface area contributed by atoms with E-state index in [1.165, 1.54) is 0 Å². The van der Waals surface area contributed by atoms with Gasteiger partial charge in [0, 0.05) is 31.7 Å². The predicted octanol–water partition coefficient (Wildman–Crippen LogP) is 2.53. The van der Waals surface area contributed by atoms with Crippen molar-refractivity contribution in [3.05, 3.63) is 59.7 Å². The summed E-state index contributed by atoms with van der Waals surface area (Å²) in [6, 6.07) is 14.8. The van der Waals surface area contributed by atoms with Crippen LogP contribution in [0, 0.1) is 0 Å². The zero-order chi connectivity index (χ0) is 21.8. The third-order valence-corrected chi connectivity index (χ3v) is 5.42. The van der Waals surface area contributed by atoms with Gasteiger partial charge in [0.15, 0.2) is 6.61 Å². The highest BCUT2D eigenvalue weighted by molar-refractivity contribution is 5.98. The van der Waals surface area contributed by atoms with Crippen molar-refractivity contribution in [1.82, 2.24) is 9.80 Å². The number of piperazine rings is 1. The maximum atomic E-state index is 13.0. The van der Waals surface area contributed by atoms with Gasteiger partial charge in [-0.15, -0.1) is 0 Å².